The number of carbonyl (C=O) groups is 1. The van der Waals surface area contributed by atoms with Crippen molar-refractivity contribution in [3.05, 3.63) is 95.6 Å². The molecule has 0 saturated carbocycles. The molecule has 29 heavy (non-hydrogen) atoms. The first-order valence-electron chi connectivity index (χ1n) is 9.77. The Morgan fingerprint density at radius 1 is 1.03 bits per heavy atom. The molecule has 0 unspecified atom stereocenters. The molecule has 0 aliphatic heterocycles. The zero-order valence-electron chi connectivity index (χ0n) is 16.7. The summed E-state index contributed by atoms with van der Waals surface area (Å²) in [6.45, 7) is 3.07. The van der Waals surface area contributed by atoms with Crippen molar-refractivity contribution in [1.29, 1.82) is 0 Å². The summed E-state index contributed by atoms with van der Waals surface area (Å²) in [6.07, 6.45) is 2.56. The van der Waals surface area contributed by atoms with E-state index in [2.05, 4.69) is 22.1 Å². The van der Waals surface area contributed by atoms with Gasteiger partial charge in [-0.15, -0.1) is 0 Å². The van der Waals surface area contributed by atoms with Gasteiger partial charge < -0.3 is 9.47 Å². The van der Waals surface area contributed by atoms with Gasteiger partial charge in [-0.1, -0.05) is 36.4 Å². The third-order valence-corrected chi connectivity index (χ3v) is 5.07. The summed E-state index contributed by atoms with van der Waals surface area (Å²) in [6, 6.07) is 21.9. The van der Waals surface area contributed by atoms with Crippen LogP contribution in [0.3, 0.4) is 0 Å². The van der Waals surface area contributed by atoms with Crippen LogP contribution in [0.4, 0.5) is 0 Å². The minimum Gasteiger partial charge on any atom is -0.334 e. The van der Waals surface area contributed by atoms with E-state index >= 15 is 0 Å². The topological polar surface area (TPSA) is 51.0 Å². The highest BCUT2D eigenvalue weighted by atomic mass is 16.2. The van der Waals surface area contributed by atoms with Crippen molar-refractivity contribution in [2.45, 2.75) is 19.9 Å². The quantitative estimate of drug-likeness (QED) is 0.501. The zero-order valence-corrected chi connectivity index (χ0v) is 16.7. The highest BCUT2D eigenvalue weighted by molar-refractivity contribution is 5.97. The molecule has 0 spiro atoms. The van der Waals surface area contributed by atoms with Crippen LogP contribution in [0.25, 0.3) is 11.0 Å². The maximum Gasteiger partial charge on any atom is 0.254 e. The fraction of sp³-hybridized carbons (Fsp3) is 0.208. The predicted octanol–water partition coefficient (Wildman–Crippen LogP) is 4.16. The fourth-order valence-electron chi connectivity index (χ4n) is 3.50. The molecule has 0 atom stereocenters. The zero-order chi connectivity index (χ0) is 20.2. The van der Waals surface area contributed by atoms with Crippen molar-refractivity contribution in [3.63, 3.8) is 0 Å². The normalized spacial score (nSPS) is 11.0. The van der Waals surface area contributed by atoms with E-state index in [4.69, 9.17) is 0 Å². The van der Waals surface area contributed by atoms with Crippen LogP contribution in [0.5, 0.6) is 0 Å². The molecular formula is C24H24N4O. The van der Waals surface area contributed by atoms with Crippen LogP contribution in [0.1, 0.15) is 27.3 Å². The third-order valence-electron chi connectivity index (χ3n) is 5.07. The van der Waals surface area contributed by atoms with Gasteiger partial charge in [0.15, 0.2) is 0 Å². The van der Waals surface area contributed by atoms with E-state index in [1.165, 1.54) is 5.56 Å². The van der Waals surface area contributed by atoms with Gasteiger partial charge in [-0.2, -0.15) is 0 Å². The Morgan fingerprint density at radius 2 is 1.86 bits per heavy atom. The first kappa shape index (κ1) is 18.9. The van der Waals surface area contributed by atoms with Gasteiger partial charge in [-0.3, -0.25) is 9.78 Å². The Morgan fingerprint density at radius 3 is 2.66 bits per heavy atom. The van der Waals surface area contributed by atoms with E-state index in [1.807, 2.05) is 78.0 Å². The molecule has 5 heteroatoms. The average molecular weight is 384 g/mol. The predicted molar refractivity (Wildman–Crippen MR) is 115 cm³/mol. The van der Waals surface area contributed by atoms with E-state index in [0.717, 1.165) is 28.8 Å². The van der Waals surface area contributed by atoms with E-state index in [0.29, 0.717) is 18.7 Å². The van der Waals surface area contributed by atoms with Gasteiger partial charge in [0, 0.05) is 24.8 Å². The number of imidazole rings is 1. The Kier molecular flexibility index (Phi) is 5.38. The molecule has 5 nitrogen and oxygen atoms in total. The Hall–Kier alpha value is -3.47. The summed E-state index contributed by atoms with van der Waals surface area (Å²) < 4.78 is 1.95. The minimum absolute atomic E-state index is 0.00297. The van der Waals surface area contributed by atoms with Gasteiger partial charge in [0.05, 0.1) is 29.6 Å². The van der Waals surface area contributed by atoms with E-state index < -0.39 is 0 Å². The molecule has 4 rings (SSSR count). The maximum atomic E-state index is 13.4. The lowest BCUT2D eigenvalue weighted by molar-refractivity contribution is 0.0743. The second kappa shape index (κ2) is 8.27. The highest BCUT2D eigenvalue weighted by Gasteiger charge is 2.18. The number of nitrogens with zero attached hydrogens (tertiary/aromatic N) is 4. The van der Waals surface area contributed by atoms with E-state index in [1.54, 1.807) is 6.33 Å². The molecular weight excluding hydrogens is 360 g/mol. The Balaban J connectivity index is 1.60. The summed E-state index contributed by atoms with van der Waals surface area (Å²) in [5.41, 5.74) is 5.55. The fourth-order valence-corrected chi connectivity index (χ4v) is 3.50. The van der Waals surface area contributed by atoms with Gasteiger partial charge in [-0.05, 0) is 49.2 Å². The number of pyridine rings is 1. The smallest absolute Gasteiger partial charge is 0.254 e. The molecule has 0 fully saturated rings. The van der Waals surface area contributed by atoms with E-state index in [-0.39, 0.29) is 5.91 Å². The Labute approximate surface area is 170 Å². The number of fused-ring (bicyclic) bond motifs is 1. The largest absolute Gasteiger partial charge is 0.334 e. The molecule has 0 aliphatic carbocycles. The molecule has 2 heterocycles. The van der Waals surface area contributed by atoms with Gasteiger partial charge >= 0.3 is 0 Å². The summed E-state index contributed by atoms with van der Waals surface area (Å²) in [5, 5.41) is 0. The number of hydrogen-bond acceptors (Lipinski definition) is 3. The lowest BCUT2D eigenvalue weighted by Crippen LogP contribution is -2.33. The molecule has 2 aromatic heterocycles. The van der Waals surface area contributed by atoms with Crippen molar-refractivity contribution in [2.24, 2.45) is 7.05 Å². The van der Waals surface area contributed by atoms with Crippen LogP contribution < -0.4 is 0 Å². The number of amides is 1. The second-order valence-corrected chi connectivity index (χ2v) is 7.29. The van der Waals surface area contributed by atoms with Crippen molar-refractivity contribution in [2.75, 3.05) is 6.54 Å². The van der Waals surface area contributed by atoms with Crippen LogP contribution in [0, 0.1) is 6.92 Å². The molecule has 0 bridgehead atoms. The van der Waals surface area contributed by atoms with Crippen LogP contribution in [0.15, 0.2) is 73.1 Å². The molecule has 0 N–H and O–H groups in total. The van der Waals surface area contributed by atoms with Crippen LogP contribution >= 0.6 is 0 Å². The first-order chi connectivity index (χ1) is 14.1. The molecule has 0 aliphatic rings. The molecule has 146 valence electrons. The van der Waals surface area contributed by atoms with Crippen molar-refractivity contribution >= 4 is 16.9 Å². The maximum absolute atomic E-state index is 13.4. The number of rotatable bonds is 6. The molecule has 0 saturated heterocycles. The number of aromatic nitrogens is 3. The number of carbonyl (C=O) groups excluding carboxylic acids is 1. The number of hydrogen-bond donors (Lipinski definition) is 0. The van der Waals surface area contributed by atoms with Gasteiger partial charge in [0.25, 0.3) is 5.91 Å². The van der Waals surface area contributed by atoms with Crippen molar-refractivity contribution < 1.29 is 4.79 Å². The van der Waals surface area contributed by atoms with Gasteiger partial charge in [0.1, 0.15) is 0 Å². The summed E-state index contributed by atoms with van der Waals surface area (Å²) in [4.78, 5) is 24.2. The van der Waals surface area contributed by atoms with Crippen LogP contribution in [-0.2, 0) is 20.0 Å². The summed E-state index contributed by atoms with van der Waals surface area (Å²) >= 11 is 0. The van der Waals surface area contributed by atoms with Crippen LogP contribution in [-0.4, -0.2) is 31.9 Å². The monoisotopic (exact) mass is 384 g/mol. The second-order valence-electron chi connectivity index (χ2n) is 7.29. The number of benzene rings is 2. The van der Waals surface area contributed by atoms with Gasteiger partial charge in [0.2, 0.25) is 0 Å². The lowest BCUT2D eigenvalue weighted by atomic mass is 10.1. The van der Waals surface area contributed by atoms with Crippen LogP contribution in [0.2, 0.25) is 0 Å². The Bertz CT molecular complexity index is 1130. The third kappa shape index (κ3) is 4.35. The highest BCUT2D eigenvalue weighted by Crippen LogP contribution is 2.17. The molecule has 0 radical (unpaired) electrons. The standard InChI is InChI=1S/C24H24N4O/c1-18-7-6-10-21(26-18)16-28(14-13-19-8-4-3-5-9-19)24(29)20-11-12-23-22(15-20)25-17-27(23)2/h3-12,15,17H,13-14,16H2,1-2H3. The summed E-state index contributed by atoms with van der Waals surface area (Å²) in [5.74, 6) is -0.00297. The van der Waals surface area contributed by atoms with Crippen molar-refractivity contribution in [3.8, 4) is 0 Å². The van der Waals surface area contributed by atoms with Crippen molar-refractivity contribution in [1.82, 2.24) is 19.4 Å². The first-order valence-corrected chi connectivity index (χ1v) is 9.77. The minimum atomic E-state index is -0.00297. The molecule has 4 aromatic rings. The number of aryl methyl sites for hydroxylation is 2. The molecule has 2 aromatic carbocycles. The SMILES string of the molecule is Cc1cccc(CN(CCc2ccccc2)C(=O)c2ccc3c(c2)ncn3C)n1. The summed E-state index contributed by atoms with van der Waals surface area (Å²) in [7, 11) is 1.95. The van der Waals surface area contributed by atoms with E-state index in [9.17, 15) is 4.79 Å². The lowest BCUT2D eigenvalue weighted by Gasteiger charge is -2.23. The average Bonchev–Trinajstić information content (AvgIpc) is 3.11. The molecule has 1 amide bonds. The van der Waals surface area contributed by atoms with Gasteiger partial charge in [-0.25, -0.2) is 4.98 Å².